The molecule has 29 heavy (non-hydrogen) atoms. The van der Waals surface area contributed by atoms with Gasteiger partial charge in [-0.05, 0) is 69.2 Å². The quantitative estimate of drug-likeness (QED) is 0.427. The molecular weight excluding hydrogens is 388 g/mol. The van der Waals surface area contributed by atoms with Gasteiger partial charge < -0.3 is 19.6 Å². The highest BCUT2D eigenvalue weighted by atomic mass is 32.1. The number of nitrogens with zero attached hydrogens (tertiary/aromatic N) is 2. The fourth-order valence-electron chi connectivity index (χ4n) is 3.59. The molecule has 0 saturated carbocycles. The van der Waals surface area contributed by atoms with Crippen molar-refractivity contribution in [2.75, 3.05) is 34.3 Å². The second-order valence-electron chi connectivity index (χ2n) is 7.35. The van der Waals surface area contributed by atoms with Gasteiger partial charge >= 0.3 is 0 Å². The maximum Gasteiger partial charge on any atom is 0.295 e. The largest absolute Gasteiger partial charge is 0.507 e. The minimum atomic E-state index is -0.640. The lowest BCUT2D eigenvalue weighted by Gasteiger charge is -2.24. The number of Topliss-reactive ketones (excluding diaryl/α,β-unsaturated/α-hetero) is 1. The van der Waals surface area contributed by atoms with Crippen LogP contribution >= 0.6 is 11.3 Å². The molecule has 154 valence electrons. The molecule has 1 amide bonds. The second-order valence-corrected chi connectivity index (χ2v) is 8.33. The van der Waals surface area contributed by atoms with E-state index in [4.69, 9.17) is 4.74 Å². The lowest BCUT2D eigenvalue weighted by atomic mass is 9.98. The molecule has 1 unspecified atom stereocenters. The van der Waals surface area contributed by atoms with Gasteiger partial charge in [-0.3, -0.25) is 9.59 Å². The topological polar surface area (TPSA) is 70.1 Å². The number of aliphatic hydroxyl groups is 1. The highest BCUT2D eigenvalue weighted by Gasteiger charge is 2.46. The zero-order chi connectivity index (χ0) is 21.1. The fraction of sp³-hybridized carbons (Fsp3) is 0.364. The van der Waals surface area contributed by atoms with E-state index in [1.54, 1.807) is 30.2 Å². The van der Waals surface area contributed by atoms with E-state index in [-0.39, 0.29) is 11.3 Å². The molecule has 0 radical (unpaired) electrons. The first-order valence-electron chi connectivity index (χ1n) is 9.46. The molecule has 1 aliphatic heterocycles. The molecule has 3 rings (SSSR count). The summed E-state index contributed by atoms with van der Waals surface area (Å²) in [5.74, 6) is -0.656. The van der Waals surface area contributed by atoms with Gasteiger partial charge in [-0.2, -0.15) is 0 Å². The van der Waals surface area contributed by atoms with Gasteiger partial charge in [0.1, 0.15) is 11.5 Å². The van der Waals surface area contributed by atoms with Crippen LogP contribution in [0.25, 0.3) is 5.76 Å². The van der Waals surface area contributed by atoms with Gasteiger partial charge in [0.05, 0.1) is 18.7 Å². The molecule has 1 aromatic carbocycles. The van der Waals surface area contributed by atoms with Crippen LogP contribution in [0.5, 0.6) is 5.75 Å². The maximum atomic E-state index is 12.9. The zero-order valence-corrected chi connectivity index (χ0v) is 18.0. The average molecular weight is 415 g/mol. The van der Waals surface area contributed by atoms with E-state index in [2.05, 4.69) is 0 Å². The third-order valence-electron chi connectivity index (χ3n) is 5.03. The summed E-state index contributed by atoms with van der Waals surface area (Å²) < 4.78 is 5.27. The van der Waals surface area contributed by atoms with Crippen LogP contribution in [0.1, 0.15) is 28.5 Å². The number of methoxy groups -OCH3 is 1. The van der Waals surface area contributed by atoms with Crippen LogP contribution in [0, 0.1) is 6.92 Å². The average Bonchev–Trinajstić information content (AvgIpc) is 3.29. The lowest BCUT2D eigenvalue weighted by molar-refractivity contribution is -0.139. The molecule has 2 aromatic rings. The predicted octanol–water partition coefficient (Wildman–Crippen LogP) is 3.44. The van der Waals surface area contributed by atoms with Crippen molar-refractivity contribution in [2.24, 2.45) is 0 Å². The second kappa shape index (κ2) is 8.80. The lowest BCUT2D eigenvalue weighted by Crippen LogP contribution is -2.32. The highest BCUT2D eigenvalue weighted by Crippen LogP contribution is 2.41. The Hall–Kier alpha value is -2.64. The summed E-state index contributed by atoms with van der Waals surface area (Å²) in [6, 6.07) is 8.42. The molecular formula is C22H26N2O4S. The first-order valence-corrected chi connectivity index (χ1v) is 10.3. The Morgan fingerprint density at radius 1 is 1.28 bits per heavy atom. The van der Waals surface area contributed by atoms with Crippen LogP contribution in [0.4, 0.5) is 0 Å². The van der Waals surface area contributed by atoms with Crippen LogP contribution in [0.2, 0.25) is 0 Å². The van der Waals surface area contributed by atoms with Gasteiger partial charge in [0.25, 0.3) is 11.7 Å². The van der Waals surface area contributed by atoms with Gasteiger partial charge in [0.2, 0.25) is 0 Å². The minimum absolute atomic E-state index is 0.145. The molecule has 1 aromatic heterocycles. The number of benzene rings is 1. The number of rotatable bonds is 7. The molecule has 6 nitrogen and oxygen atoms in total. The van der Waals surface area contributed by atoms with E-state index < -0.39 is 17.7 Å². The normalized spacial score (nSPS) is 18.7. The SMILES string of the molecule is COc1ccc(/C(O)=C2/C(=O)C(=O)N(CCCN(C)C)C2c2cccs2)cc1C. The Bertz CT molecular complexity index is 934. The van der Waals surface area contributed by atoms with Crippen LogP contribution in [0.15, 0.2) is 41.3 Å². The number of hydrogen-bond donors (Lipinski definition) is 1. The molecule has 0 spiro atoms. The van der Waals surface area contributed by atoms with E-state index in [0.29, 0.717) is 17.9 Å². The van der Waals surface area contributed by atoms with Crippen LogP contribution < -0.4 is 4.74 Å². The van der Waals surface area contributed by atoms with Crippen molar-refractivity contribution < 1.29 is 19.4 Å². The van der Waals surface area contributed by atoms with Crippen molar-refractivity contribution in [3.05, 3.63) is 57.3 Å². The number of thiophene rings is 1. The smallest absolute Gasteiger partial charge is 0.295 e. The number of ketones is 1. The Morgan fingerprint density at radius 2 is 2.03 bits per heavy atom. The summed E-state index contributed by atoms with van der Waals surface area (Å²) >= 11 is 1.47. The number of aryl methyl sites for hydroxylation is 1. The number of likely N-dealkylation sites (tertiary alicyclic amines) is 1. The summed E-state index contributed by atoms with van der Waals surface area (Å²) in [6.07, 6.45) is 0.740. The molecule has 1 aliphatic rings. The fourth-order valence-corrected chi connectivity index (χ4v) is 4.44. The van der Waals surface area contributed by atoms with Crippen molar-refractivity contribution in [1.82, 2.24) is 9.80 Å². The number of carbonyl (C=O) groups excluding carboxylic acids is 2. The van der Waals surface area contributed by atoms with Gasteiger partial charge in [0.15, 0.2) is 0 Å². The molecule has 1 saturated heterocycles. The minimum Gasteiger partial charge on any atom is -0.507 e. The van der Waals surface area contributed by atoms with Crippen LogP contribution in [0.3, 0.4) is 0 Å². The third kappa shape index (κ3) is 4.21. The molecule has 2 heterocycles. The van der Waals surface area contributed by atoms with E-state index >= 15 is 0 Å². The van der Waals surface area contributed by atoms with Gasteiger partial charge in [0, 0.05) is 17.0 Å². The number of amides is 1. The summed E-state index contributed by atoms with van der Waals surface area (Å²) in [6.45, 7) is 3.12. The van der Waals surface area contributed by atoms with Gasteiger partial charge in [-0.25, -0.2) is 0 Å². The molecule has 1 atom stereocenters. The number of hydrogen-bond acceptors (Lipinski definition) is 6. The van der Waals surface area contributed by atoms with E-state index in [1.165, 1.54) is 11.3 Å². The summed E-state index contributed by atoms with van der Waals surface area (Å²) in [5, 5.41) is 12.9. The summed E-state index contributed by atoms with van der Waals surface area (Å²) in [4.78, 5) is 30.2. The van der Waals surface area contributed by atoms with Gasteiger partial charge in [-0.15, -0.1) is 11.3 Å². The first-order chi connectivity index (χ1) is 13.8. The molecule has 1 N–H and O–H groups in total. The molecule has 0 bridgehead atoms. The number of ether oxygens (including phenoxy) is 1. The van der Waals surface area contributed by atoms with Crippen molar-refractivity contribution in [1.29, 1.82) is 0 Å². The Balaban J connectivity index is 2.05. The van der Waals surface area contributed by atoms with E-state index in [9.17, 15) is 14.7 Å². The number of aliphatic hydroxyl groups excluding tert-OH is 1. The zero-order valence-electron chi connectivity index (χ0n) is 17.1. The Labute approximate surface area is 175 Å². The van der Waals surface area contributed by atoms with E-state index in [1.807, 2.05) is 43.4 Å². The third-order valence-corrected chi connectivity index (χ3v) is 5.95. The highest BCUT2D eigenvalue weighted by molar-refractivity contribution is 7.10. The predicted molar refractivity (Wildman–Crippen MR) is 114 cm³/mol. The maximum absolute atomic E-state index is 12.9. The van der Waals surface area contributed by atoms with Crippen LogP contribution in [-0.4, -0.2) is 60.9 Å². The molecule has 1 fully saturated rings. The standard InChI is InChI=1S/C22H26N2O4S/c1-14-13-15(8-9-16(14)28-4)20(25)18-19(17-7-5-12-29-17)24(22(27)21(18)26)11-6-10-23(2)3/h5,7-9,12-13,19,25H,6,10-11H2,1-4H3/b20-18-. The number of carbonyl (C=O) groups is 2. The first kappa shape index (κ1) is 21.1. The molecule has 0 aliphatic carbocycles. The summed E-state index contributed by atoms with van der Waals surface area (Å²) in [5.41, 5.74) is 1.48. The van der Waals surface area contributed by atoms with Gasteiger partial charge in [-0.1, -0.05) is 6.07 Å². The summed E-state index contributed by atoms with van der Waals surface area (Å²) in [7, 11) is 5.52. The van der Waals surface area contributed by atoms with Crippen molar-refractivity contribution >= 4 is 28.8 Å². The van der Waals surface area contributed by atoms with Crippen molar-refractivity contribution in [2.45, 2.75) is 19.4 Å². The van der Waals surface area contributed by atoms with E-state index in [0.717, 1.165) is 23.4 Å². The molecule has 7 heteroatoms. The van der Waals surface area contributed by atoms with Crippen molar-refractivity contribution in [3.8, 4) is 5.75 Å². The Morgan fingerprint density at radius 3 is 2.62 bits per heavy atom. The van der Waals surface area contributed by atoms with Crippen molar-refractivity contribution in [3.63, 3.8) is 0 Å². The monoisotopic (exact) mass is 414 g/mol. The van der Waals surface area contributed by atoms with Crippen LogP contribution in [-0.2, 0) is 9.59 Å². The Kier molecular flexibility index (Phi) is 6.39.